The summed E-state index contributed by atoms with van der Waals surface area (Å²) in [6.45, 7) is 3.82. The van der Waals surface area contributed by atoms with Crippen LogP contribution in [0.25, 0.3) is 0 Å². The fraction of sp³-hybridized carbons (Fsp3) is 0.615. The van der Waals surface area contributed by atoms with E-state index in [2.05, 4.69) is 20.2 Å². The summed E-state index contributed by atoms with van der Waals surface area (Å²) >= 11 is 0. The van der Waals surface area contributed by atoms with E-state index in [4.69, 9.17) is 4.42 Å². The number of nitrogens with zero attached hydrogens (tertiary/aromatic N) is 5. The third-order valence-electron chi connectivity index (χ3n) is 3.76. The number of piperidine rings is 1. The smallest absolute Gasteiger partial charge is 0.424 e. The van der Waals surface area contributed by atoms with Crippen LogP contribution in [0.15, 0.2) is 16.7 Å². The molecule has 0 atom stereocenters. The molecule has 0 radical (unpaired) electrons. The molecular weight excluding hydrogens is 299 g/mol. The fourth-order valence-electron chi connectivity index (χ4n) is 2.63. The minimum Gasteiger partial charge on any atom is -0.424 e. The van der Waals surface area contributed by atoms with Crippen LogP contribution in [-0.4, -0.2) is 38.0 Å². The van der Waals surface area contributed by atoms with E-state index in [1.807, 2.05) is 0 Å². The molecule has 1 saturated heterocycles. The van der Waals surface area contributed by atoms with E-state index in [0.29, 0.717) is 18.3 Å². The van der Waals surface area contributed by atoms with Gasteiger partial charge in [-0.05, 0) is 18.9 Å². The molecular formula is C13H16F3N5O. The zero-order valence-corrected chi connectivity index (χ0v) is 12.0. The third-order valence-corrected chi connectivity index (χ3v) is 3.76. The maximum Gasteiger partial charge on any atom is 0.435 e. The Morgan fingerprint density at radius 3 is 2.55 bits per heavy atom. The van der Waals surface area contributed by atoms with Crippen LogP contribution in [0.2, 0.25) is 0 Å². The molecule has 3 heterocycles. The first-order chi connectivity index (χ1) is 10.4. The van der Waals surface area contributed by atoms with Crippen LogP contribution in [0.5, 0.6) is 0 Å². The van der Waals surface area contributed by atoms with Gasteiger partial charge in [-0.25, -0.2) is 0 Å². The Kier molecular flexibility index (Phi) is 3.90. The van der Waals surface area contributed by atoms with Gasteiger partial charge in [0.05, 0.1) is 12.6 Å². The third kappa shape index (κ3) is 3.29. The highest BCUT2D eigenvalue weighted by molar-refractivity contribution is 5.04. The van der Waals surface area contributed by atoms with Crippen molar-refractivity contribution in [2.24, 2.45) is 0 Å². The summed E-state index contributed by atoms with van der Waals surface area (Å²) in [6, 6.07) is 1.02. The molecule has 0 amide bonds. The van der Waals surface area contributed by atoms with Crippen LogP contribution < -0.4 is 0 Å². The van der Waals surface area contributed by atoms with Crippen molar-refractivity contribution in [1.29, 1.82) is 0 Å². The van der Waals surface area contributed by atoms with Crippen LogP contribution in [0, 0.1) is 6.92 Å². The van der Waals surface area contributed by atoms with Gasteiger partial charge in [-0.15, -0.1) is 10.2 Å². The predicted octanol–water partition coefficient (Wildman–Crippen LogP) is 2.43. The number of rotatable bonds is 3. The SMILES string of the molecule is Cc1nnc(CN2CCC(n3ccc(C(F)(F)F)n3)CC2)o1. The summed E-state index contributed by atoms with van der Waals surface area (Å²) in [5.74, 6) is 1.09. The second-order valence-corrected chi connectivity index (χ2v) is 5.40. The average Bonchev–Trinajstić information content (AvgIpc) is 3.08. The lowest BCUT2D eigenvalue weighted by Gasteiger charge is -2.31. The van der Waals surface area contributed by atoms with Gasteiger partial charge >= 0.3 is 6.18 Å². The van der Waals surface area contributed by atoms with Gasteiger partial charge in [0.1, 0.15) is 0 Å². The standard InChI is InChI=1S/C13H16F3N5O/c1-9-17-18-12(22-9)8-20-5-2-10(3-6-20)21-7-4-11(19-21)13(14,15)16/h4,7,10H,2-3,5-6,8H2,1H3. The Bertz CT molecular complexity index is 628. The molecule has 0 bridgehead atoms. The van der Waals surface area contributed by atoms with Gasteiger partial charge < -0.3 is 4.42 Å². The first-order valence-corrected chi connectivity index (χ1v) is 7.05. The first kappa shape index (κ1) is 15.0. The molecule has 0 aliphatic carbocycles. The van der Waals surface area contributed by atoms with Gasteiger partial charge in [-0.3, -0.25) is 9.58 Å². The quantitative estimate of drug-likeness (QED) is 0.870. The summed E-state index contributed by atoms with van der Waals surface area (Å²) < 4.78 is 44.5. The minimum absolute atomic E-state index is 0.00299. The summed E-state index contributed by atoms with van der Waals surface area (Å²) in [4.78, 5) is 2.15. The van der Waals surface area contributed by atoms with Crippen molar-refractivity contribution in [2.75, 3.05) is 13.1 Å². The molecule has 2 aromatic heterocycles. The second-order valence-electron chi connectivity index (χ2n) is 5.40. The van der Waals surface area contributed by atoms with Crippen LogP contribution in [0.3, 0.4) is 0 Å². The average molecular weight is 315 g/mol. The molecule has 6 nitrogen and oxygen atoms in total. The topological polar surface area (TPSA) is 60.0 Å². The molecule has 1 aliphatic heterocycles. The van der Waals surface area contributed by atoms with Gasteiger partial charge in [0.2, 0.25) is 11.8 Å². The monoisotopic (exact) mass is 315 g/mol. The highest BCUT2D eigenvalue weighted by Gasteiger charge is 2.34. The lowest BCUT2D eigenvalue weighted by molar-refractivity contribution is -0.141. The molecule has 120 valence electrons. The van der Waals surface area contributed by atoms with Crippen molar-refractivity contribution in [3.63, 3.8) is 0 Å². The van der Waals surface area contributed by atoms with E-state index in [9.17, 15) is 13.2 Å². The zero-order chi connectivity index (χ0) is 15.7. The lowest BCUT2D eigenvalue weighted by atomic mass is 10.1. The van der Waals surface area contributed by atoms with Gasteiger partial charge in [-0.1, -0.05) is 0 Å². The Morgan fingerprint density at radius 2 is 2.00 bits per heavy atom. The van der Waals surface area contributed by atoms with Crippen molar-refractivity contribution >= 4 is 0 Å². The molecule has 0 N–H and O–H groups in total. The molecule has 22 heavy (non-hydrogen) atoms. The Morgan fingerprint density at radius 1 is 1.27 bits per heavy atom. The molecule has 9 heteroatoms. The largest absolute Gasteiger partial charge is 0.435 e. The summed E-state index contributed by atoms with van der Waals surface area (Å²) in [5, 5.41) is 11.4. The molecule has 1 fully saturated rings. The van der Waals surface area contributed by atoms with Crippen molar-refractivity contribution in [2.45, 2.75) is 38.5 Å². The van der Waals surface area contributed by atoms with Crippen molar-refractivity contribution < 1.29 is 17.6 Å². The van der Waals surface area contributed by atoms with E-state index in [1.165, 1.54) is 10.9 Å². The maximum atomic E-state index is 12.6. The molecule has 0 aromatic carbocycles. The Labute approximate surface area is 124 Å². The molecule has 1 aliphatic rings. The van der Waals surface area contributed by atoms with E-state index < -0.39 is 11.9 Å². The highest BCUT2D eigenvalue weighted by atomic mass is 19.4. The molecule has 2 aromatic rings. The molecule has 0 spiro atoms. The van der Waals surface area contributed by atoms with Crippen molar-refractivity contribution in [3.05, 3.63) is 29.7 Å². The number of aromatic nitrogens is 4. The van der Waals surface area contributed by atoms with Crippen molar-refractivity contribution in [3.8, 4) is 0 Å². The van der Waals surface area contributed by atoms with E-state index in [-0.39, 0.29) is 6.04 Å². The second kappa shape index (κ2) is 5.71. The number of hydrogen-bond donors (Lipinski definition) is 0. The van der Waals surface area contributed by atoms with E-state index in [0.717, 1.165) is 32.0 Å². The van der Waals surface area contributed by atoms with E-state index in [1.54, 1.807) is 6.92 Å². The first-order valence-electron chi connectivity index (χ1n) is 7.05. The molecule has 3 rings (SSSR count). The minimum atomic E-state index is -4.39. The van der Waals surface area contributed by atoms with Gasteiger partial charge in [0, 0.05) is 26.2 Å². The Balaban J connectivity index is 1.56. The maximum absolute atomic E-state index is 12.6. The molecule has 0 unspecified atom stereocenters. The normalized spacial score (nSPS) is 18.0. The number of alkyl halides is 3. The van der Waals surface area contributed by atoms with Gasteiger partial charge in [0.25, 0.3) is 0 Å². The highest BCUT2D eigenvalue weighted by Crippen LogP contribution is 2.29. The van der Waals surface area contributed by atoms with Gasteiger partial charge in [0.15, 0.2) is 5.69 Å². The van der Waals surface area contributed by atoms with Crippen LogP contribution in [-0.2, 0) is 12.7 Å². The predicted molar refractivity (Wildman–Crippen MR) is 69.8 cm³/mol. The number of hydrogen-bond acceptors (Lipinski definition) is 5. The van der Waals surface area contributed by atoms with Crippen LogP contribution >= 0.6 is 0 Å². The zero-order valence-electron chi connectivity index (χ0n) is 12.0. The fourth-order valence-corrected chi connectivity index (χ4v) is 2.63. The van der Waals surface area contributed by atoms with Gasteiger partial charge in [-0.2, -0.15) is 18.3 Å². The number of likely N-dealkylation sites (tertiary alicyclic amines) is 1. The lowest BCUT2D eigenvalue weighted by Crippen LogP contribution is -2.34. The van der Waals surface area contributed by atoms with Crippen molar-refractivity contribution in [1.82, 2.24) is 24.9 Å². The molecule has 0 saturated carbocycles. The summed E-state index contributed by atoms with van der Waals surface area (Å²) in [5.41, 5.74) is -0.837. The summed E-state index contributed by atoms with van der Waals surface area (Å²) in [6.07, 6.45) is -1.50. The Hall–Kier alpha value is -1.90. The number of aryl methyl sites for hydroxylation is 1. The van der Waals surface area contributed by atoms with Crippen LogP contribution in [0.1, 0.15) is 36.4 Å². The van der Waals surface area contributed by atoms with E-state index >= 15 is 0 Å². The van der Waals surface area contributed by atoms with Crippen LogP contribution in [0.4, 0.5) is 13.2 Å². The summed E-state index contributed by atoms with van der Waals surface area (Å²) in [7, 11) is 0. The number of halogens is 3.